The van der Waals surface area contributed by atoms with E-state index in [1.165, 1.54) is 12.1 Å². The molecule has 112 valence electrons. The predicted molar refractivity (Wildman–Crippen MR) is 74.0 cm³/mol. The first-order chi connectivity index (χ1) is 9.47. The van der Waals surface area contributed by atoms with E-state index >= 15 is 0 Å². The standard InChI is InChI=1S/C14H20F3N3/c1-19(10-11-20-8-6-18-7-9-20)13-4-2-12(3-5-13)14(15,16)17/h2-5,18H,6-11H2,1H3. The summed E-state index contributed by atoms with van der Waals surface area (Å²) in [4.78, 5) is 4.35. The van der Waals surface area contributed by atoms with E-state index in [9.17, 15) is 13.2 Å². The average Bonchev–Trinajstić information content (AvgIpc) is 2.45. The molecule has 0 atom stereocenters. The smallest absolute Gasteiger partial charge is 0.373 e. The number of anilines is 1. The molecule has 1 fully saturated rings. The third kappa shape index (κ3) is 4.11. The second kappa shape index (κ2) is 6.45. The largest absolute Gasteiger partial charge is 0.416 e. The average molecular weight is 287 g/mol. The molecule has 0 spiro atoms. The zero-order valence-electron chi connectivity index (χ0n) is 11.6. The van der Waals surface area contributed by atoms with E-state index in [-0.39, 0.29) is 0 Å². The first-order valence-corrected chi connectivity index (χ1v) is 6.78. The van der Waals surface area contributed by atoms with Crippen LogP contribution in [0.2, 0.25) is 0 Å². The molecule has 20 heavy (non-hydrogen) atoms. The predicted octanol–water partition coefficient (Wildman–Crippen LogP) is 2.05. The summed E-state index contributed by atoms with van der Waals surface area (Å²) in [6.07, 6.45) is -4.27. The number of rotatable bonds is 4. The molecular formula is C14H20F3N3. The summed E-state index contributed by atoms with van der Waals surface area (Å²) in [6, 6.07) is 5.33. The molecule has 6 heteroatoms. The van der Waals surface area contributed by atoms with Crippen molar-refractivity contribution in [3.8, 4) is 0 Å². The minimum absolute atomic E-state index is 0.600. The summed E-state index contributed by atoms with van der Waals surface area (Å²) in [5.74, 6) is 0. The molecular weight excluding hydrogens is 267 g/mol. The van der Waals surface area contributed by atoms with Gasteiger partial charge in [-0.2, -0.15) is 13.2 Å². The fraction of sp³-hybridized carbons (Fsp3) is 0.571. The van der Waals surface area contributed by atoms with Gasteiger partial charge in [0.1, 0.15) is 0 Å². The Hall–Kier alpha value is -1.27. The second-order valence-corrected chi connectivity index (χ2v) is 5.06. The normalized spacial score (nSPS) is 17.2. The maximum absolute atomic E-state index is 12.5. The highest BCUT2D eigenvalue weighted by Crippen LogP contribution is 2.30. The molecule has 1 saturated heterocycles. The van der Waals surface area contributed by atoms with Gasteiger partial charge in [-0.15, -0.1) is 0 Å². The molecule has 0 saturated carbocycles. The van der Waals surface area contributed by atoms with E-state index in [0.29, 0.717) is 0 Å². The number of nitrogens with one attached hydrogen (secondary N) is 1. The number of halogens is 3. The summed E-state index contributed by atoms with van der Waals surface area (Å²) >= 11 is 0. The van der Waals surface area contributed by atoms with Crippen LogP contribution < -0.4 is 10.2 Å². The van der Waals surface area contributed by atoms with Crippen LogP contribution in [0.5, 0.6) is 0 Å². The van der Waals surface area contributed by atoms with Gasteiger partial charge in [-0.3, -0.25) is 4.90 Å². The Morgan fingerprint density at radius 2 is 1.75 bits per heavy atom. The molecule has 3 nitrogen and oxygen atoms in total. The van der Waals surface area contributed by atoms with Crippen LogP contribution in [-0.4, -0.2) is 51.2 Å². The Kier molecular flexibility index (Phi) is 4.88. The van der Waals surface area contributed by atoms with Gasteiger partial charge in [-0.25, -0.2) is 0 Å². The van der Waals surface area contributed by atoms with Crippen molar-refractivity contribution in [2.24, 2.45) is 0 Å². The van der Waals surface area contributed by atoms with Crippen LogP contribution in [0.15, 0.2) is 24.3 Å². The lowest BCUT2D eigenvalue weighted by molar-refractivity contribution is -0.137. The Morgan fingerprint density at radius 1 is 1.15 bits per heavy atom. The van der Waals surface area contributed by atoms with Crippen molar-refractivity contribution in [2.45, 2.75) is 6.18 Å². The highest BCUT2D eigenvalue weighted by molar-refractivity contribution is 5.47. The van der Waals surface area contributed by atoms with Gasteiger partial charge in [0.05, 0.1) is 5.56 Å². The number of piperazine rings is 1. The van der Waals surface area contributed by atoms with Crippen LogP contribution in [-0.2, 0) is 6.18 Å². The SMILES string of the molecule is CN(CCN1CCNCC1)c1ccc(C(F)(F)F)cc1. The first-order valence-electron chi connectivity index (χ1n) is 6.78. The molecule has 1 heterocycles. The summed E-state index contributed by atoms with van der Waals surface area (Å²) in [5.41, 5.74) is 0.213. The number of hydrogen-bond donors (Lipinski definition) is 1. The molecule has 1 aliphatic heterocycles. The molecule has 0 unspecified atom stereocenters. The number of hydrogen-bond acceptors (Lipinski definition) is 3. The molecule has 1 aromatic carbocycles. The Bertz CT molecular complexity index is 411. The lowest BCUT2D eigenvalue weighted by atomic mass is 10.2. The fourth-order valence-corrected chi connectivity index (χ4v) is 2.26. The summed E-state index contributed by atoms with van der Waals surface area (Å²) < 4.78 is 37.5. The maximum Gasteiger partial charge on any atom is 0.416 e. The van der Waals surface area contributed by atoms with Gasteiger partial charge >= 0.3 is 6.18 Å². The third-order valence-corrected chi connectivity index (χ3v) is 3.60. The molecule has 1 aromatic rings. The molecule has 2 rings (SSSR count). The fourth-order valence-electron chi connectivity index (χ4n) is 2.26. The monoisotopic (exact) mass is 287 g/mol. The van der Waals surface area contributed by atoms with Crippen LogP contribution >= 0.6 is 0 Å². The van der Waals surface area contributed by atoms with Gasteiger partial charge in [0.2, 0.25) is 0 Å². The van der Waals surface area contributed by atoms with E-state index in [0.717, 1.165) is 57.1 Å². The molecule has 0 amide bonds. The first kappa shape index (κ1) is 15.1. The lowest BCUT2D eigenvalue weighted by Gasteiger charge is -2.29. The van der Waals surface area contributed by atoms with Crippen molar-refractivity contribution in [1.82, 2.24) is 10.2 Å². The molecule has 0 radical (unpaired) electrons. The minimum Gasteiger partial charge on any atom is -0.373 e. The van der Waals surface area contributed by atoms with Gasteiger partial charge < -0.3 is 10.2 Å². The van der Waals surface area contributed by atoms with Gasteiger partial charge in [-0.05, 0) is 24.3 Å². The van der Waals surface area contributed by atoms with Crippen molar-refractivity contribution in [3.63, 3.8) is 0 Å². The van der Waals surface area contributed by atoms with Crippen LogP contribution in [0, 0.1) is 0 Å². The molecule has 1 aliphatic rings. The number of likely N-dealkylation sites (N-methyl/N-ethyl adjacent to an activating group) is 1. The van der Waals surface area contributed by atoms with Gasteiger partial charge in [0.15, 0.2) is 0 Å². The summed E-state index contributed by atoms with van der Waals surface area (Å²) in [7, 11) is 1.91. The number of benzene rings is 1. The molecule has 0 aliphatic carbocycles. The van der Waals surface area contributed by atoms with E-state index in [2.05, 4.69) is 10.2 Å². The van der Waals surface area contributed by atoms with Gasteiger partial charge in [0, 0.05) is 52.0 Å². The van der Waals surface area contributed by atoms with Crippen LogP contribution in [0.4, 0.5) is 18.9 Å². The quantitative estimate of drug-likeness (QED) is 0.914. The lowest BCUT2D eigenvalue weighted by Crippen LogP contribution is -2.46. The minimum atomic E-state index is -4.27. The van der Waals surface area contributed by atoms with Crippen LogP contribution in [0.3, 0.4) is 0 Å². The summed E-state index contributed by atoms with van der Waals surface area (Å²) in [6.45, 7) is 5.81. The molecule has 0 aromatic heterocycles. The van der Waals surface area contributed by atoms with Crippen molar-refractivity contribution < 1.29 is 13.2 Å². The van der Waals surface area contributed by atoms with Crippen molar-refractivity contribution in [3.05, 3.63) is 29.8 Å². The topological polar surface area (TPSA) is 18.5 Å². The summed E-state index contributed by atoms with van der Waals surface area (Å²) in [5, 5.41) is 3.29. The Labute approximate surface area is 117 Å². The zero-order valence-corrected chi connectivity index (χ0v) is 11.6. The highest BCUT2D eigenvalue weighted by Gasteiger charge is 2.30. The maximum atomic E-state index is 12.5. The number of alkyl halides is 3. The van der Waals surface area contributed by atoms with Crippen molar-refractivity contribution >= 4 is 5.69 Å². The molecule has 1 N–H and O–H groups in total. The van der Waals surface area contributed by atoms with Crippen molar-refractivity contribution in [1.29, 1.82) is 0 Å². The van der Waals surface area contributed by atoms with E-state index in [4.69, 9.17) is 0 Å². The third-order valence-electron chi connectivity index (χ3n) is 3.60. The Balaban J connectivity index is 1.87. The van der Waals surface area contributed by atoms with E-state index in [1.807, 2.05) is 11.9 Å². The molecule has 0 bridgehead atoms. The van der Waals surface area contributed by atoms with Gasteiger partial charge in [0.25, 0.3) is 0 Å². The van der Waals surface area contributed by atoms with E-state index in [1.54, 1.807) is 0 Å². The van der Waals surface area contributed by atoms with E-state index < -0.39 is 11.7 Å². The second-order valence-electron chi connectivity index (χ2n) is 5.06. The van der Waals surface area contributed by atoms with Crippen molar-refractivity contribution in [2.75, 3.05) is 51.2 Å². The van der Waals surface area contributed by atoms with Crippen LogP contribution in [0.1, 0.15) is 5.56 Å². The zero-order chi connectivity index (χ0) is 14.6. The van der Waals surface area contributed by atoms with Crippen LogP contribution in [0.25, 0.3) is 0 Å². The highest BCUT2D eigenvalue weighted by atomic mass is 19.4. The Morgan fingerprint density at radius 3 is 2.30 bits per heavy atom. The van der Waals surface area contributed by atoms with Gasteiger partial charge in [-0.1, -0.05) is 0 Å². The number of nitrogens with zero attached hydrogens (tertiary/aromatic N) is 2.